The van der Waals surface area contributed by atoms with Crippen LogP contribution in [-0.4, -0.2) is 12.1 Å². The lowest BCUT2D eigenvalue weighted by Gasteiger charge is -2.14. The molecule has 0 amide bonds. The van der Waals surface area contributed by atoms with Crippen LogP contribution in [0.4, 0.5) is 18.9 Å². The lowest BCUT2D eigenvalue weighted by atomic mass is 10.0. The van der Waals surface area contributed by atoms with Gasteiger partial charge in [0.1, 0.15) is 0 Å². The van der Waals surface area contributed by atoms with E-state index in [1.807, 2.05) is 0 Å². The number of alkyl halides is 3. The van der Waals surface area contributed by atoms with Gasteiger partial charge in [-0.2, -0.15) is 13.2 Å². The van der Waals surface area contributed by atoms with Crippen molar-refractivity contribution >= 4 is 16.5 Å². The zero-order chi connectivity index (χ0) is 16.6. The number of aromatic nitrogens is 1. The molecule has 0 atom stereocenters. The fraction of sp³-hybridized carbons (Fsp3) is 0.118. The molecule has 0 aliphatic heterocycles. The minimum atomic E-state index is -4.47. The van der Waals surface area contributed by atoms with Crippen molar-refractivity contribution in [1.82, 2.24) is 4.98 Å². The van der Waals surface area contributed by atoms with Crippen LogP contribution in [0.25, 0.3) is 22.0 Å². The van der Waals surface area contributed by atoms with E-state index in [2.05, 4.69) is 4.98 Å². The Balaban J connectivity index is 2.32. The SMILES string of the molecule is COc1nc(-c2ccccc2C(F)(F)F)cc2c(N)cccc12. The van der Waals surface area contributed by atoms with Crippen molar-refractivity contribution in [2.45, 2.75) is 6.18 Å². The first-order valence-electron chi connectivity index (χ1n) is 6.81. The summed E-state index contributed by atoms with van der Waals surface area (Å²) >= 11 is 0. The van der Waals surface area contributed by atoms with Gasteiger partial charge < -0.3 is 10.5 Å². The third-order valence-corrected chi connectivity index (χ3v) is 3.58. The maximum Gasteiger partial charge on any atom is 0.417 e. The van der Waals surface area contributed by atoms with Crippen LogP contribution in [0.1, 0.15) is 5.56 Å². The molecule has 0 aliphatic rings. The van der Waals surface area contributed by atoms with Gasteiger partial charge in [-0.25, -0.2) is 4.98 Å². The Morgan fingerprint density at radius 2 is 1.74 bits per heavy atom. The molecule has 118 valence electrons. The molecule has 2 N–H and O–H groups in total. The molecule has 6 heteroatoms. The molecule has 0 fully saturated rings. The first-order chi connectivity index (χ1) is 10.9. The number of benzene rings is 2. The third kappa shape index (κ3) is 2.67. The van der Waals surface area contributed by atoms with Crippen LogP contribution in [0.3, 0.4) is 0 Å². The summed E-state index contributed by atoms with van der Waals surface area (Å²) in [6.45, 7) is 0. The van der Waals surface area contributed by atoms with E-state index in [9.17, 15) is 13.2 Å². The van der Waals surface area contributed by atoms with Crippen LogP contribution in [0.5, 0.6) is 5.88 Å². The number of rotatable bonds is 2. The molecule has 3 aromatic rings. The number of anilines is 1. The molecule has 3 rings (SSSR count). The monoisotopic (exact) mass is 318 g/mol. The van der Waals surface area contributed by atoms with Crippen LogP contribution in [0.15, 0.2) is 48.5 Å². The Labute approximate surface area is 130 Å². The second-order valence-corrected chi connectivity index (χ2v) is 5.00. The van der Waals surface area contributed by atoms with Crippen molar-refractivity contribution in [3.8, 4) is 17.1 Å². The highest BCUT2D eigenvalue weighted by Crippen LogP contribution is 2.39. The summed E-state index contributed by atoms with van der Waals surface area (Å²) in [5.41, 5.74) is 5.81. The molecule has 2 aromatic carbocycles. The van der Waals surface area contributed by atoms with Gasteiger partial charge in [0.15, 0.2) is 0 Å². The average molecular weight is 318 g/mol. The molecule has 0 unspecified atom stereocenters. The number of pyridine rings is 1. The van der Waals surface area contributed by atoms with Gasteiger partial charge in [-0.1, -0.05) is 24.3 Å². The summed E-state index contributed by atoms with van der Waals surface area (Å²) in [7, 11) is 1.42. The average Bonchev–Trinajstić information content (AvgIpc) is 2.53. The van der Waals surface area contributed by atoms with Crippen LogP contribution >= 0.6 is 0 Å². The summed E-state index contributed by atoms with van der Waals surface area (Å²) in [5, 5.41) is 1.26. The van der Waals surface area contributed by atoms with Crippen molar-refractivity contribution in [1.29, 1.82) is 0 Å². The number of halogens is 3. The third-order valence-electron chi connectivity index (χ3n) is 3.58. The number of hydrogen-bond donors (Lipinski definition) is 1. The minimum absolute atomic E-state index is 0.0107. The molecular formula is C17H13F3N2O. The molecule has 0 radical (unpaired) electrons. The smallest absolute Gasteiger partial charge is 0.417 e. The van der Waals surface area contributed by atoms with Gasteiger partial charge in [-0.15, -0.1) is 0 Å². The molecule has 0 bridgehead atoms. The highest BCUT2D eigenvalue weighted by Gasteiger charge is 2.33. The van der Waals surface area contributed by atoms with E-state index < -0.39 is 11.7 Å². The van der Waals surface area contributed by atoms with Gasteiger partial charge in [0.2, 0.25) is 5.88 Å². The Morgan fingerprint density at radius 3 is 2.43 bits per heavy atom. The highest BCUT2D eigenvalue weighted by molar-refractivity contribution is 5.98. The van der Waals surface area contributed by atoms with Crippen molar-refractivity contribution < 1.29 is 17.9 Å². The molecule has 0 aliphatic carbocycles. The fourth-order valence-corrected chi connectivity index (χ4v) is 2.52. The number of methoxy groups -OCH3 is 1. The molecule has 1 heterocycles. The van der Waals surface area contributed by atoms with Gasteiger partial charge in [0, 0.05) is 22.0 Å². The van der Waals surface area contributed by atoms with Crippen molar-refractivity contribution in [3.63, 3.8) is 0 Å². The quantitative estimate of drug-likeness (QED) is 0.707. The van der Waals surface area contributed by atoms with E-state index in [0.29, 0.717) is 16.5 Å². The number of ether oxygens (including phenoxy) is 1. The van der Waals surface area contributed by atoms with Gasteiger partial charge in [-0.3, -0.25) is 0 Å². The summed E-state index contributed by atoms with van der Waals surface area (Å²) in [5.74, 6) is 0.238. The highest BCUT2D eigenvalue weighted by atomic mass is 19.4. The van der Waals surface area contributed by atoms with Crippen molar-refractivity contribution in [3.05, 3.63) is 54.1 Å². The van der Waals surface area contributed by atoms with Gasteiger partial charge >= 0.3 is 6.18 Å². The minimum Gasteiger partial charge on any atom is -0.481 e. The normalized spacial score (nSPS) is 11.7. The Kier molecular flexibility index (Phi) is 3.60. The first kappa shape index (κ1) is 15.1. The van der Waals surface area contributed by atoms with Gasteiger partial charge in [0.05, 0.1) is 18.4 Å². The van der Waals surface area contributed by atoms with Crippen LogP contribution in [0.2, 0.25) is 0 Å². The lowest BCUT2D eigenvalue weighted by Crippen LogP contribution is -2.07. The predicted molar refractivity (Wildman–Crippen MR) is 83.1 cm³/mol. The summed E-state index contributed by atoms with van der Waals surface area (Å²) < 4.78 is 44.9. The van der Waals surface area contributed by atoms with Crippen molar-refractivity contribution in [2.75, 3.05) is 12.8 Å². The topological polar surface area (TPSA) is 48.1 Å². The molecule has 0 spiro atoms. The maximum absolute atomic E-state index is 13.2. The lowest BCUT2D eigenvalue weighted by molar-refractivity contribution is -0.137. The molecule has 1 aromatic heterocycles. The second kappa shape index (κ2) is 5.46. The predicted octanol–water partition coefficient (Wildman–Crippen LogP) is 4.51. The summed E-state index contributed by atoms with van der Waals surface area (Å²) in [4.78, 5) is 4.23. The Morgan fingerprint density at radius 1 is 1.00 bits per heavy atom. The molecule has 3 nitrogen and oxygen atoms in total. The van der Waals surface area contributed by atoms with Crippen LogP contribution < -0.4 is 10.5 Å². The van der Waals surface area contributed by atoms with Crippen molar-refractivity contribution in [2.24, 2.45) is 0 Å². The number of nitrogens with two attached hydrogens (primary N) is 1. The summed E-state index contributed by atoms with van der Waals surface area (Å²) in [6, 6.07) is 12.0. The fourth-order valence-electron chi connectivity index (χ4n) is 2.52. The molecule has 0 saturated carbocycles. The van der Waals surface area contributed by atoms with E-state index in [-0.39, 0.29) is 17.1 Å². The van der Waals surface area contributed by atoms with Gasteiger partial charge in [-0.05, 0) is 24.3 Å². The summed E-state index contributed by atoms with van der Waals surface area (Å²) in [6.07, 6.45) is -4.47. The van der Waals surface area contributed by atoms with E-state index in [0.717, 1.165) is 6.07 Å². The molecule has 0 saturated heterocycles. The second-order valence-electron chi connectivity index (χ2n) is 5.00. The van der Waals surface area contributed by atoms with E-state index in [1.165, 1.54) is 25.3 Å². The van der Waals surface area contributed by atoms with Gasteiger partial charge in [0.25, 0.3) is 0 Å². The zero-order valence-corrected chi connectivity index (χ0v) is 12.2. The van der Waals surface area contributed by atoms with E-state index >= 15 is 0 Å². The first-order valence-corrected chi connectivity index (χ1v) is 6.81. The number of nitrogens with zero attached hydrogens (tertiary/aromatic N) is 1. The van der Waals surface area contributed by atoms with E-state index in [1.54, 1.807) is 24.3 Å². The Hall–Kier alpha value is -2.76. The molecular weight excluding hydrogens is 305 g/mol. The molecule has 23 heavy (non-hydrogen) atoms. The zero-order valence-electron chi connectivity index (χ0n) is 12.2. The number of fused-ring (bicyclic) bond motifs is 1. The Bertz CT molecular complexity index is 875. The van der Waals surface area contributed by atoms with Crippen LogP contribution in [-0.2, 0) is 6.18 Å². The van der Waals surface area contributed by atoms with Crippen LogP contribution in [0, 0.1) is 0 Å². The number of hydrogen-bond acceptors (Lipinski definition) is 3. The number of nitrogen functional groups attached to an aromatic ring is 1. The maximum atomic E-state index is 13.2. The largest absolute Gasteiger partial charge is 0.481 e. The standard InChI is InChI=1S/C17H13F3N2O/c1-23-16-10-6-4-8-14(21)12(10)9-15(22-16)11-5-2-3-7-13(11)17(18,19)20/h2-9H,21H2,1H3. The van der Waals surface area contributed by atoms with E-state index in [4.69, 9.17) is 10.5 Å².